The summed E-state index contributed by atoms with van der Waals surface area (Å²) < 4.78 is 58.1. The molecule has 1 aromatic rings. The lowest BCUT2D eigenvalue weighted by Gasteiger charge is -2.14. The topological polar surface area (TPSA) is 78.6 Å². The molecule has 0 radical (unpaired) electrons. The molecule has 1 aromatic carbocycles. The highest BCUT2D eigenvalue weighted by Crippen LogP contribution is 2.34. The van der Waals surface area contributed by atoms with Gasteiger partial charge in [0.05, 0.1) is 14.2 Å². The highest BCUT2D eigenvalue weighted by Gasteiger charge is 2.31. The number of nitrogens with two attached hydrogens (primary N) is 1. The van der Waals surface area contributed by atoms with Crippen LogP contribution in [0.5, 0.6) is 11.5 Å². The van der Waals surface area contributed by atoms with E-state index in [2.05, 4.69) is 0 Å². The number of sulfone groups is 1. The first-order valence-electron chi connectivity index (χ1n) is 5.35. The Morgan fingerprint density at radius 1 is 1.21 bits per heavy atom. The maximum Gasteiger partial charge on any atom is 0.341 e. The molecule has 0 aliphatic heterocycles. The second-order valence-corrected chi connectivity index (χ2v) is 5.55. The van der Waals surface area contributed by atoms with Gasteiger partial charge < -0.3 is 15.2 Å². The van der Waals surface area contributed by atoms with Gasteiger partial charge in [-0.25, -0.2) is 8.42 Å². The van der Waals surface area contributed by atoms with E-state index < -0.39 is 20.5 Å². The highest BCUT2D eigenvalue weighted by molar-refractivity contribution is 7.91. The zero-order valence-corrected chi connectivity index (χ0v) is 11.3. The maximum atomic E-state index is 12.6. The lowest BCUT2D eigenvalue weighted by atomic mass is 10.1. The van der Waals surface area contributed by atoms with E-state index in [1.165, 1.54) is 20.3 Å². The number of methoxy groups -OCH3 is 2. The molecule has 19 heavy (non-hydrogen) atoms. The molecule has 8 heteroatoms. The van der Waals surface area contributed by atoms with Gasteiger partial charge in [-0.2, -0.15) is 8.78 Å². The van der Waals surface area contributed by atoms with Gasteiger partial charge in [0.15, 0.2) is 0 Å². The van der Waals surface area contributed by atoms with Crippen LogP contribution in [0.1, 0.15) is 5.56 Å². The van der Waals surface area contributed by atoms with Crippen LogP contribution >= 0.6 is 0 Å². The number of hydrogen-bond acceptors (Lipinski definition) is 5. The molecule has 0 unspecified atom stereocenters. The Morgan fingerprint density at radius 3 is 2.21 bits per heavy atom. The van der Waals surface area contributed by atoms with Gasteiger partial charge in [0, 0.05) is 6.07 Å². The van der Waals surface area contributed by atoms with Gasteiger partial charge in [-0.3, -0.25) is 0 Å². The molecule has 1 rings (SSSR count). The fourth-order valence-corrected chi connectivity index (χ4v) is 2.49. The molecule has 0 aromatic heterocycles. The number of rotatable bonds is 6. The highest BCUT2D eigenvalue weighted by atomic mass is 32.2. The van der Waals surface area contributed by atoms with Crippen LogP contribution in [0.25, 0.3) is 0 Å². The third-order valence-corrected chi connectivity index (χ3v) is 3.92. The summed E-state index contributed by atoms with van der Waals surface area (Å²) in [7, 11) is -2.23. The molecule has 0 amide bonds. The van der Waals surface area contributed by atoms with Crippen molar-refractivity contribution in [3.8, 4) is 11.5 Å². The van der Waals surface area contributed by atoms with Crippen molar-refractivity contribution in [2.75, 3.05) is 20.8 Å². The van der Waals surface area contributed by atoms with Crippen molar-refractivity contribution in [3.05, 3.63) is 17.7 Å². The van der Waals surface area contributed by atoms with Crippen molar-refractivity contribution >= 4 is 9.84 Å². The summed E-state index contributed by atoms with van der Waals surface area (Å²) in [6, 6.07) is 2.38. The van der Waals surface area contributed by atoms with Crippen molar-refractivity contribution in [2.24, 2.45) is 5.73 Å². The third-order valence-electron chi connectivity index (χ3n) is 2.52. The molecule has 2 N–H and O–H groups in total. The Bertz CT molecular complexity index is 546. The summed E-state index contributed by atoms with van der Waals surface area (Å²) in [5.41, 5.74) is 6.01. The van der Waals surface area contributed by atoms with E-state index in [4.69, 9.17) is 15.2 Å². The molecule has 0 heterocycles. The molecule has 0 spiro atoms. The van der Waals surface area contributed by atoms with E-state index in [0.717, 1.165) is 6.07 Å². The molecule has 0 fully saturated rings. The smallest absolute Gasteiger partial charge is 0.341 e. The molecule has 0 saturated carbocycles. The second kappa shape index (κ2) is 6.16. The number of benzene rings is 1. The van der Waals surface area contributed by atoms with E-state index in [1.807, 2.05) is 0 Å². The van der Waals surface area contributed by atoms with Gasteiger partial charge in [-0.05, 0) is 24.6 Å². The van der Waals surface area contributed by atoms with Crippen molar-refractivity contribution in [3.63, 3.8) is 0 Å². The Morgan fingerprint density at radius 2 is 1.79 bits per heavy atom. The van der Waals surface area contributed by atoms with E-state index in [9.17, 15) is 17.2 Å². The van der Waals surface area contributed by atoms with E-state index >= 15 is 0 Å². The van der Waals surface area contributed by atoms with Gasteiger partial charge in [-0.1, -0.05) is 0 Å². The molecule has 0 atom stereocenters. The van der Waals surface area contributed by atoms with Gasteiger partial charge in [0.2, 0.25) is 9.84 Å². The van der Waals surface area contributed by atoms with Gasteiger partial charge in [-0.15, -0.1) is 0 Å². The van der Waals surface area contributed by atoms with Crippen molar-refractivity contribution in [1.29, 1.82) is 0 Å². The maximum absolute atomic E-state index is 12.6. The first-order valence-corrected chi connectivity index (χ1v) is 6.90. The minimum Gasteiger partial charge on any atom is -0.496 e. The van der Waals surface area contributed by atoms with Gasteiger partial charge >= 0.3 is 5.76 Å². The second-order valence-electron chi connectivity index (χ2n) is 3.66. The summed E-state index contributed by atoms with van der Waals surface area (Å²) in [5, 5.41) is 0. The molecular weight excluding hydrogens is 280 g/mol. The van der Waals surface area contributed by atoms with Crippen molar-refractivity contribution in [1.82, 2.24) is 0 Å². The SMILES string of the molecule is COc1cc(S(=O)(=O)C(F)F)c(OC)cc1CCN. The first kappa shape index (κ1) is 15.6. The monoisotopic (exact) mass is 295 g/mol. The number of hydrogen-bond donors (Lipinski definition) is 1. The zero-order valence-electron chi connectivity index (χ0n) is 10.5. The molecule has 0 aliphatic rings. The standard InChI is InChI=1S/C11H15F2NO4S/c1-17-8-6-10(19(15,16)11(12)13)9(18-2)5-7(8)3-4-14/h5-6,11H,3-4,14H2,1-2H3. The number of alkyl halides is 2. The van der Waals surface area contributed by atoms with Crippen LogP contribution in [0.2, 0.25) is 0 Å². The van der Waals surface area contributed by atoms with Crippen LogP contribution in [0, 0.1) is 0 Å². The Balaban J connectivity index is 3.49. The summed E-state index contributed by atoms with van der Waals surface area (Å²) in [6.45, 7) is 0.306. The largest absolute Gasteiger partial charge is 0.496 e. The van der Waals surface area contributed by atoms with Crippen molar-refractivity contribution in [2.45, 2.75) is 17.1 Å². The predicted molar refractivity (Wildman–Crippen MR) is 65.5 cm³/mol. The zero-order chi connectivity index (χ0) is 14.6. The molecular formula is C11H15F2NO4S. The van der Waals surface area contributed by atoms with Crippen LogP contribution < -0.4 is 15.2 Å². The molecule has 108 valence electrons. The molecule has 5 nitrogen and oxygen atoms in total. The van der Waals surface area contributed by atoms with Crippen LogP contribution in [0.4, 0.5) is 8.78 Å². The lowest BCUT2D eigenvalue weighted by Crippen LogP contribution is -2.14. The molecule has 0 aliphatic carbocycles. The van der Waals surface area contributed by atoms with Crippen LogP contribution in [-0.2, 0) is 16.3 Å². The average molecular weight is 295 g/mol. The Labute approximate surface area is 110 Å². The molecule has 0 bridgehead atoms. The first-order chi connectivity index (χ1) is 8.88. The van der Waals surface area contributed by atoms with Crippen molar-refractivity contribution < 1.29 is 26.7 Å². The summed E-state index contributed by atoms with van der Waals surface area (Å²) >= 11 is 0. The Hall–Kier alpha value is -1.41. The normalized spacial score (nSPS) is 11.7. The summed E-state index contributed by atoms with van der Waals surface area (Å²) in [5.74, 6) is -3.48. The predicted octanol–water partition coefficient (Wildman–Crippen LogP) is 1.20. The van der Waals surface area contributed by atoms with Crippen LogP contribution in [0.3, 0.4) is 0 Å². The molecule has 0 saturated heterocycles. The minimum atomic E-state index is -4.75. The lowest BCUT2D eigenvalue weighted by molar-refractivity contribution is 0.234. The van der Waals surface area contributed by atoms with E-state index in [1.54, 1.807) is 0 Å². The average Bonchev–Trinajstić information content (AvgIpc) is 2.38. The van der Waals surface area contributed by atoms with E-state index in [-0.39, 0.29) is 11.5 Å². The number of ether oxygens (including phenoxy) is 2. The summed E-state index contributed by atoms with van der Waals surface area (Å²) in [4.78, 5) is -0.595. The van der Waals surface area contributed by atoms with E-state index in [0.29, 0.717) is 18.5 Å². The Kier molecular flexibility index (Phi) is 5.07. The van der Waals surface area contributed by atoms with Crippen LogP contribution in [-0.4, -0.2) is 34.9 Å². The number of halogens is 2. The van der Waals surface area contributed by atoms with Gasteiger partial charge in [0.1, 0.15) is 16.4 Å². The van der Waals surface area contributed by atoms with Gasteiger partial charge in [0.25, 0.3) is 0 Å². The fourth-order valence-electron chi connectivity index (χ4n) is 1.60. The minimum absolute atomic E-state index is 0.149. The fraction of sp³-hybridized carbons (Fsp3) is 0.455. The summed E-state index contributed by atoms with van der Waals surface area (Å²) in [6.07, 6.45) is 0.411. The quantitative estimate of drug-likeness (QED) is 0.853. The third kappa shape index (κ3) is 3.13. The van der Waals surface area contributed by atoms with Crippen LogP contribution in [0.15, 0.2) is 17.0 Å².